The van der Waals surface area contributed by atoms with Gasteiger partial charge in [-0.15, -0.1) is 0 Å². The quantitative estimate of drug-likeness (QED) is 0.896. The number of aliphatic hydroxyl groups is 1. The fourth-order valence-corrected chi connectivity index (χ4v) is 2.69. The molecule has 1 heterocycles. The molecule has 0 bridgehead atoms. The van der Waals surface area contributed by atoms with Crippen LogP contribution in [0.4, 0.5) is 0 Å². The van der Waals surface area contributed by atoms with Gasteiger partial charge in [0.25, 0.3) is 0 Å². The van der Waals surface area contributed by atoms with Crippen LogP contribution in [0.3, 0.4) is 0 Å². The highest BCUT2D eigenvalue weighted by Gasteiger charge is 2.27. The SMILES string of the molecule is COc1cc(C)cc(C)c1C(O)C1CCCCO1. The third kappa shape index (κ3) is 2.68. The molecule has 2 unspecified atom stereocenters. The summed E-state index contributed by atoms with van der Waals surface area (Å²) in [5.41, 5.74) is 3.08. The molecule has 1 N–H and O–H groups in total. The van der Waals surface area contributed by atoms with Crippen molar-refractivity contribution in [3.8, 4) is 5.75 Å². The predicted molar refractivity (Wildman–Crippen MR) is 71.0 cm³/mol. The number of rotatable bonds is 3. The summed E-state index contributed by atoms with van der Waals surface area (Å²) in [4.78, 5) is 0. The van der Waals surface area contributed by atoms with Gasteiger partial charge in [0, 0.05) is 12.2 Å². The molecule has 1 aromatic carbocycles. The van der Waals surface area contributed by atoms with E-state index in [1.165, 1.54) is 0 Å². The number of aryl methyl sites for hydroxylation is 2. The first-order valence-electron chi connectivity index (χ1n) is 6.58. The van der Waals surface area contributed by atoms with Crippen LogP contribution in [0, 0.1) is 13.8 Å². The highest BCUT2D eigenvalue weighted by molar-refractivity contribution is 5.44. The Hall–Kier alpha value is -1.06. The second-order valence-electron chi connectivity index (χ2n) is 5.05. The summed E-state index contributed by atoms with van der Waals surface area (Å²) >= 11 is 0. The molecule has 1 aliphatic rings. The lowest BCUT2D eigenvalue weighted by Gasteiger charge is -2.29. The Bertz CT molecular complexity index is 408. The molecule has 0 spiro atoms. The van der Waals surface area contributed by atoms with Crippen molar-refractivity contribution in [3.05, 3.63) is 28.8 Å². The summed E-state index contributed by atoms with van der Waals surface area (Å²) < 4.78 is 11.1. The monoisotopic (exact) mass is 250 g/mol. The second kappa shape index (κ2) is 5.72. The van der Waals surface area contributed by atoms with Crippen LogP contribution in [0.25, 0.3) is 0 Å². The molecule has 100 valence electrons. The largest absolute Gasteiger partial charge is 0.496 e. The molecule has 0 radical (unpaired) electrons. The maximum atomic E-state index is 10.5. The molecule has 0 aromatic heterocycles. The van der Waals surface area contributed by atoms with Crippen LogP contribution in [0.15, 0.2) is 12.1 Å². The lowest BCUT2D eigenvalue weighted by Crippen LogP contribution is -2.27. The van der Waals surface area contributed by atoms with Gasteiger partial charge in [0.05, 0.1) is 13.2 Å². The molecule has 1 aliphatic heterocycles. The Morgan fingerprint density at radius 3 is 2.72 bits per heavy atom. The summed E-state index contributed by atoms with van der Waals surface area (Å²) in [5.74, 6) is 0.758. The van der Waals surface area contributed by atoms with E-state index in [1.807, 2.05) is 19.9 Å². The van der Waals surface area contributed by atoms with Crippen molar-refractivity contribution in [2.75, 3.05) is 13.7 Å². The van der Waals surface area contributed by atoms with E-state index < -0.39 is 6.10 Å². The fourth-order valence-electron chi connectivity index (χ4n) is 2.69. The topological polar surface area (TPSA) is 38.7 Å². The van der Waals surface area contributed by atoms with Crippen molar-refractivity contribution in [3.63, 3.8) is 0 Å². The maximum Gasteiger partial charge on any atom is 0.125 e. The lowest BCUT2D eigenvalue weighted by atomic mass is 9.93. The van der Waals surface area contributed by atoms with E-state index in [1.54, 1.807) is 7.11 Å². The third-order valence-corrected chi connectivity index (χ3v) is 3.58. The molecule has 0 aliphatic carbocycles. The minimum atomic E-state index is -0.596. The molecular weight excluding hydrogens is 228 g/mol. The molecule has 1 fully saturated rings. The van der Waals surface area contributed by atoms with E-state index in [-0.39, 0.29) is 6.10 Å². The Kier molecular flexibility index (Phi) is 4.25. The Balaban J connectivity index is 2.30. The number of aliphatic hydroxyl groups excluding tert-OH is 1. The van der Waals surface area contributed by atoms with Gasteiger partial charge in [-0.3, -0.25) is 0 Å². The Morgan fingerprint density at radius 2 is 2.11 bits per heavy atom. The van der Waals surface area contributed by atoms with Gasteiger partial charge in [-0.1, -0.05) is 6.07 Å². The van der Waals surface area contributed by atoms with Crippen LogP contribution in [-0.4, -0.2) is 24.9 Å². The first kappa shape index (κ1) is 13.4. The molecule has 1 saturated heterocycles. The van der Waals surface area contributed by atoms with Crippen LogP contribution in [-0.2, 0) is 4.74 Å². The van der Waals surface area contributed by atoms with E-state index >= 15 is 0 Å². The molecule has 2 rings (SSSR count). The van der Waals surface area contributed by atoms with Gasteiger partial charge in [0.2, 0.25) is 0 Å². The molecule has 1 aromatic rings. The van der Waals surface area contributed by atoms with E-state index in [2.05, 4.69) is 6.07 Å². The van der Waals surface area contributed by atoms with Gasteiger partial charge in [-0.05, 0) is 50.3 Å². The van der Waals surface area contributed by atoms with Crippen LogP contribution >= 0.6 is 0 Å². The minimum absolute atomic E-state index is 0.103. The van der Waals surface area contributed by atoms with Gasteiger partial charge in [0.1, 0.15) is 11.9 Å². The summed E-state index contributed by atoms with van der Waals surface area (Å²) in [6.07, 6.45) is 2.43. The average Bonchev–Trinajstić information content (AvgIpc) is 2.38. The molecule has 18 heavy (non-hydrogen) atoms. The zero-order valence-electron chi connectivity index (χ0n) is 11.4. The van der Waals surface area contributed by atoms with Gasteiger partial charge < -0.3 is 14.6 Å². The standard InChI is InChI=1S/C15H22O3/c1-10-8-11(2)14(13(9-10)17-3)15(16)12-6-4-5-7-18-12/h8-9,12,15-16H,4-7H2,1-3H3. The predicted octanol–water partition coefficient (Wildman–Crippen LogP) is 2.91. The molecule has 2 atom stereocenters. The number of ether oxygens (including phenoxy) is 2. The van der Waals surface area contributed by atoms with E-state index in [4.69, 9.17) is 9.47 Å². The van der Waals surface area contributed by atoms with Gasteiger partial charge in [0.15, 0.2) is 0 Å². The summed E-state index contributed by atoms with van der Waals surface area (Å²) in [5, 5.41) is 10.5. The average molecular weight is 250 g/mol. The van der Waals surface area contributed by atoms with Crippen molar-refractivity contribution < 1.29 is 14.6 Å². The van der Waals surface area contributed by atoms with Crippen LogP contribution in [0.2, 0.25) is 0 Å². The zero-order valence-corrected chi connectivity index (χ0v) is 11.4. The Morgan fingerprint density at radius 1 is 1.33 bits per heavy atom. The first-order valence-corrected chi connectivity index (χ1v) is 6.58. The summed E-state index contributed by atoms with van der Waals surface area (Å²) in [6.45, 7) is 4.79. The highest BCUT2D eigenvalue weighted by Crippen LogP contribution is 2.35. The summed E-state index contributed by atoms with van der Waals surface area (Å²) in [7, 11) is 1.65. The second-order valence-corrected chi connectivity index (χ2v) is 5.05. The van der Waals surface area contributed by atoms with Crippen molar-refractivity contribution in [1.29, 1.82) is 0 Å². The van der Waals surface area contributed by atoms with Crippen LogP contribution < -0.4 is 4.74 Å². The van der Waals surface area contributed by atoms with Gasteiger partial charge in [-0.25, -0.2) is 0 Å². The van der Waals surface area contributed by atoms with Crippen LogP contribution in [0.1, 0.15) is 42.1 Å². The van der Waals surface area contributed by atoms with Crippen LogP contribution in [0.5, 0.6) is 5.75 Å². The highest BCUT2D eigenvalue weighted by atomic mass is 16.5. The van der Waals surface area contributed by atoms with Gasteiger partial charge >= 0.3 is 0 Å². The molecular formula is C15H22O3. The lowest BCUT2D eigenvalue weighted by molar-refractivity contribution is -0.0641. The third-order valence-electron chi connectivity index (χ3n) is 3.58. The Labute approximate surface area is 109 Å². The smallest absolute Gasteiger partial charge is 0.125 e. The minimum Gasteiger partial charge on any atom is -0.496 e. The van der Waals surface area contributed by atoms with Crippen molar-refractivity contribution in [2.24, 2.45) is 0 Å². The van der Waals surface area contributed by atoms with Crippen molar-refractivity contribution >= 4 is 0 Å². The van der Waals surface area contributed by atoms with Crippen molar-refractivity contribution in [2.45, 2.75) is 45.3 Å². The van der Waals surface area contributed by atoms with E-state index in [0.29, 0.717) is 0 Å². The zero-order chi connectivity index (χ0) is 13.1. The van der Waals surface area contributed by atoms with E-state index in [9.17, 15) is 5.11 Å². The molecule has 3 nitrogen and oxygen atoms in total. The number of benzene rings is 1. The van der Waals surface area contributed by atoms with Crippen molar-refractivity contribution in [1.82, 2.24) is 0 Å². The normalized spacial score (nSPS) is 21.7. The maximum absolute atomic E-state index is 10.5. The summed E-state index contributed by atoms with van der Waals surface area (Å²) in [6, 6.07) is 4.04. The molecule has 0 amide bonds. The number of hydrogen-bond donors (Lipinski definition) is 1. The fraction of sp³-hybridized carbons (Fsp3) is 0.600. The van der Waals surface area contributed by atoms with Gasteiger partial charge in [-0.2, -0.15) is 0 Å². The number of methoxy groups -OCH3 is 1. The molecule has 0 saturated carbocycles. The first-order chi connectivity index (χ1) is 8.63. The van der Waals surface area contributed by atoms with E-state index in [0.717, 1.165) is 48.3 Å². The number of hydrogen-bond acceptors (Lipinski definition) is 3. The molecule has 3 heteroatoms.